The first kappa shape index (κ1) is 25.8. The molecule has 0 saturated carbocycles. The molecule has 0 N–H and O–H groups in total. The fraction of sp³-hybridized carbons (Fsp3) is 0. The van der Waals surface area contributed by atoms with Crippen LogP contribution in [0.4, 0.5) is 17.1 Å². The van der Waals surface area contributed by atoms with Gasteiger partial charge >= 0.3 is 0 Å². The van der Waals surface area contributed by atoms with E-state index in [0.29, 0.717) is 0 Å². The molecule has 7 aromatic carbocycles. The number of rotatable bonds is 6. The van der Waals surface area contributed by atoms with Crippen LogP contribution in [0.25, 0.3) is 49.7 Å². The van der Waals surface area contributed by atoms with Gasteiger partial charge in [-0.3, -0.25) is 0 Å². The minimum atomic E-state index is 1.12. The van der Waals surface area contributed by atoms with Crippen molar-refractivity contribution in [2.45, 2.75) is 0 Å². The summed E-state index contributed by atoms with van der Waals surface area (Å²) in [5.41, 5.74) is 11.7. The summed E-state index contributed by atoms with van der Waals surface area (Å²) in [5, 5.41) is 2.52. The predicted molar refractivity (Wildman–Crippen MR) is 186 cm³/mol. The van der Waals surface area contributed by atoms with E-state index in [9.17, 15) is 0 Å². The molecule has 0 spiro atoms. The standard InChI is InChI=1S/C42H30N2/c1-5-15-31(16-6-1)39-29-32(26-28-41(39)43(34-17-7-2-8-18-34)35-19-9-3-10-20-35)33-25-27-38-37-23-13-14-24-40(37)44(42(38)30-33)36-21-11-4-12-22-36/h1-30H. The molecule has 0 bridgehead atoms. The largest absolute Gasteiger partial charge is 0.310 e. The van der Waals surface area contributed by atoms with Crippen molar-refractivity contribution in [3.8, 4) is 27.9 Å². The van der Waals surface area contributed by atoms with E-state index in [1.807, 2.05) is 0 Å². The molecule has 1 heterocycles. The topological polar surface area (TPSA) is 8.17 Å². The van der Waals surface area contributed by atoms with Crippen LogP contribution in [0, 0.1) is 0 Å². The molecule has 0 radical (unpaired) electrons. The quantitative estimate of drug-likeness (QED) is 0.196. The lowest BCUT2D eigenvalue weighted by molar-refractivity contribution is 1.18. The molecule has 2 heteroatoms. The van der Waals surface area contributed by atoms with E-state index in [1.165, 1.54) is 44.1 Å². The van der Waals surface area contributed by atoms with Crippen molar-refractivity contribution in [3.63, 3.8) is 0 Å². The highest BCUT2D eigenvalue weighted by atomic mass is 15.1. The molecule has 8 rings (SSSR count). The summed E-state index contributed by atoms with van der Waals surface area (Å²) in [4.78, 5) is 2.35. The van der Waals surface area contributed by atoms with E-state index in [1.54, 1.807) is 0 Å². The van der Waals surface area contributed by atoms with Gasteiger partial charge in [-0.05, 0) is 77.4 Å². The molecule has 0 fully saturated rings. The fourth-order valence-corrected chi connectivity index (χ4v) is 6.35. The molecule has 0 aliphatic heterocycles. The molecule has 44 heavy (non-hydrogen) atoms. The van der Waals surface area contributed by atoms with Crippen molar-refractivity contribution in [1.82, 2.24) is 4.57 Å². The van der Waals surface area contributed by atoms with Crippen molar-refractivity contribution in [1.29, 1.82) is 0 Å². The first-order valence-corrected chi connectivity index (χ1v) is 15.0. The second-order valence-corrected chi connectivity index (χ2v) is 11.0. The van der Waals surface area contributed by atoms with Crippen LogP contribution < -0.4 is 4.90 Å². The van der Waals surface area contributed by atoms with Crippen LogP contribution >= 0.6 is 0 Å². The summed E-state index contributed by atoms with van der Waals surface area (Å²) in [6, 6.07) is 65.1. The molecule has 0 aliphatic rings. The Hall–Kier alpha value is -5.86. The number of hydrogen-bond donors (Lipinski definition) is 0. The second-order valence-electron chi connectivity index (χ2n) is 11.0. The Balaban J connectivity index is 1.35. The average molecular weight is 563 g/mol. The predicted octanol–water partition coefficient (Wildman–Crippen LogP) is 11.6. The summed E-state index contributed by atoms with van der Waals surface area (Å²) in [7, 11) is 0. The van der Waals surface area contributed by atoms with Gasteiger partial charge in [0.15, 0.2) is 0 Å². The normalized spacial score (nSPS) is 11.2. The van der Waals surface area contributed by atoms with E-state index in [0.717, 1.165) is 22.7 Å². The smallest absolute Gasteiger partial charge is 0.0547 e. The number of nitrogens with zero attached hydrogens (tertiary/aromatic N) is 2. The summed E-state index contributed by atoms with van der Waals surface area (Å²) in [6.45, 7) is 0. The van der Waals surface area contributed by atoms with Gasteiger partial charge in [-0.2, -0.15) is 0 Å². The maximum absolute atomic E-state index is 2.38. The van der Waals surface area contributed by atoms with Crippen LogP contribution in [0.2, 0.25) is 0 Å². The molecule has 2 nitrogen and oxygen atoms in total. The van der Waals surface area contributed by atoms with Crippen molar-refractivity contribution in [2.75, 3.05) is 4.90 Å². The summed E-state index contributed by atoms with van der Waals surface area (Å²) in [5.74, 6) is 0. The van der Waals surface area contributed by atoms with Crippen LogP contribution in [-0.2, 0) is 0 Å². The zero-order valence-electron chi connectivity index (χ0n) is 24.2. The Bertz CT molecular complexity index is 2160. The van der Waals surface area contributed by atoms with Gasteiger partial charge in [-0.25, -0.2) is 0 Å². The Labute approximate surface area is 257 Å². The van der Waals surface area contributed by atoms with Gasteiger partial charge in [0, 0.05) is 33.4 Å². The molecule has 0 saturated heterocycles. The minimum absolute atomic E-state index is 1.12. The SMILES string of the molecule is c1ccc(-c2cc(-c3ccc4c5ccccc5n(-c5ccccc5)c4c3)ccc2N(c2ccccc2)c2ccccc2)cc1. The van der Waals surface area contributed by atoms with Gasteiger partial charge in [0.2, 0.25) is 0 Å². The zero-order valence-corrected chi connectivity index (χ0v) is 24.2. The summed E-state index contributed by atoms with van der Waals surface area (Å²) in [6.07, 6.45) is 0. The van der Waals surface area contributed by atoms with Crippen molar-refractivity contribution in [2.24, 2.45) is 0 Å². The Kier molecular flexibility index (Phi) is 6.51. The van der Waals surface area contributed by atoms with Crippen LogP contribution in [0.3, 0.4) is 0 Å². The second kappa shape index (κ2) is 11.1. The number of para-hydroxylation sites is 4. The molecule has 208 valence electrons. The highest BCUT2D eigenvalue weighted by Crippen LogP contribution is 2.43. The molecule has 0 amide bonds. The van der Waals surface area contributed by atoms with Gasteiger partial charge in [-0.15, -0.1) is 0 Å². The van der Waals surface area contributed by atoms with Gasteiger partial charge in [-0.1, -0.05) is 121 Å². The van der Waals surface area contributed by atoms with Crippen molar-refractivity contribution in [3.05, 3.63) is 182 Å². The first-order valence-electron chi connectivity index (χ1n) is 15.0. The number of hydrogen-bond acceptors (Lipinski definition) is 1. The maximum atomic E-state index is 2.38. The maximum Gasteiger partial charge on any atom is 0.0547 e. The van der Waals surface area contributed by atoms with Gasteiger partial charge in [0.05, 0.1) is 16.7 Å². The molecule has 0 unspecified atom stereocenters. The summed E-state index contributed by atoms with van der Waals surface area (Å²) >= 11 is 0. The number of aromatic nitrogens is 1. The molecule has 0 atom stereocenters. The van der Waals surface area contributed by atoms with E-state index in [2.05, 4.69) is 191 Å². The van der Waals surface area contributed by atoms with Gasteiger partial charge in [0.25, 0.3) is 0 Å². The van der Waals surface area contributed by atoms with Crippen LogP contribution in [0.1, 0.15) is 0 Å². The number of fused-ring (bicyclic) bond motifs is 3. The van der Waals surface area contributed by atoms with Crippen LogP contribution in [0.5, 0.6) is 0 Å². The summed E-state index contributed by atoms with van der Waals surface area (Å²) < 4.78 is 2.38. The van der Waals surface area contributed by atoms with Crippen LogP contribution in [0.15, 0.2) is 182 Å². The molecule has 1 aromatic heterocycles. The van der Waals surface area contributed by atoms with Gasteiger partial charge < -0.3 is 9.47 Å². The highest BCUT2D eigenvalue weighted by Gasteiger charge is 2.19. The Morgan fingerprint density at radius 1 is 0.364 bits per heavy atom. The lowest BCUT2D eigenvalue weighted by Gasteiger charge is -2.28. The third-order valence-corrected chi connectivity index (χ3v) is 8.37. The van der Waals surface area contributed by atoms with E-state index < -0.39 is 0 Å². The fourth-order valence-electron chi connectivity index (χ4n) is 6.35. The Morgan fingerprint density at radius 3 is 1.57 bits per heavy atom. The monoisotopic (exact) mass is 562 g/mol. The zero-order chi connectivity index (χ0) is 29.3. The molecule has 0 aliphatic carbocycles. The van der Waals surface area contributed by atoms with E-state index in [4.69, 9.17) is 0 Å². The number of anilines is 3. The first-order chi connectivity index (χ1) is 21.8. The van der Waals surface area contributed by atoms with Gasteiger partial charge in [0.1, 0.15) is 0 Å². The Morgan fingerprint density at radius 2 is 0.886 bits per heavy atom. The highest BCUT2D eigenvalue weighted by molar-refractivity contribution is 6.10. The molecular formula is C42H30N2. The van der Waals surface area contributed by atoms with Crippen molar-refractivity contribution < 1.29 is 0 Å². The molecule has 8 aromatic rings. The van der Waals surface area contributed by atoms with E-state index >= 15 is 0 Å². The van der Waals surface area contributed by atoms with Crippen molar-refractivity contribution >= 4 is 38.9 Å². The lowest BCUT2D eigenvalue weighted by Crippen LogP contribution is -2.11. The third-order valence-electron chi connectivity index (χ3n) is 8.37. The average Bonchev–Trinajstić information content (AvgIpc) is 3.44. The molecular weight excluding hydrogens is 532 g/mol. The van der Waals surface area contributed by atoms with E-state index in [-0.39, 0.29) is 0 Å². The minimum Gasteiger partial charge on any atom is -0.310 e. The third kappa shape index (κ3) is 4.54. The number of benzene rings is 7. The van der Waals surface area contributed by atoms with Crippen LogP contribution in [-0.4, -0.2) is 4.57 Å². The lowest BCUT2D eigenvalue weighted by atomic mass is 9.95.